The third kappa shape index (κ3) is 8.35. The van der Waals surface area contributed by atoms with Crippen molar-refractivity contribution in [3.8, 4) is 16.9 Å². The van der Waals surface area contributed by atoms with Crippen molar-refractivity contribution in [2.24, 2.45) is 4.99 Å². The Morgan fingerprint density at radius 3 is 2.66 bits per heavy atom. The second-order valence-corrected chi connectivity index (χ2v) is 17.3. The second-order valence-electron chi connectivity index (χ2n) is 17.3. The van der Waals surface area contributed by atoms with Crippen LogP contribution < -0.4 is 16.0 Å². The molecule has 336 valence electrons. The molecule has 4 aliphatic rings. The van der Waals surface area contributed by atoms with E-state index in [1.807, 2.05) is 39.5 Å². The number of ether oxygens (including phenoxy) is 3. The Bertz CT molecular complexity index is 2700. The third-order valence-electron chi connectivity index (χ3n) is 11.6. The van der Waals surface area contributed by atoms with E-state index in [1.54, 1.807) is 46.0 Å². The molecule has 9 rings (SSSR count). The highest BCUT2D eigenvalue weighted by Crippen LogP contribution is 2.41. The number of methoxy groups -OCH3 is 1. The number of likely N-dealkylation sites (tertiary alicyclic amines) is 1. The van der Waals surface area contributed by atoms with Gasteiger partial charge in [0.15, 0.2) is 5.82 Å². The number of carbonyl (C=O) groups excluding carboxylic acids is 2. The fourth-order valence-electron chi connectivity index (χ4n) is 8.77. The summed E-state index contributed by atoms with van der Waals surface area (Å²) in [6.45, 7) is 8.66. The summed E-state index contributed by atoms with van der Waals surface area (Å²) in [4.78, 5) is 48.0. The number of alkyl carbamates (subject to hydrolysis) is 1. The Hall–Kier alpha value is -6.51. The van der Waals surface area contributed by atoms with Crippen LogP contribution in [-0.2, 0) is 25.5 Å². The zero-order chi connectivity index (χ0) is 45.0. The molecular weight excluding hydrogens is 834 g/mol. The van der Waals surface area contributed by atoms with Gasteiger partial charge in [0.25, 0.3) is 0 Å². The number of rotatable bonds is 4. The molecule has 5 aromatic rings. The molecule has 2 aromatic carbocycles. The molecule has 0 aliphatic carbocycles. The maximum atomic E-state index is 15.5. The Morgan fingerprint density at radius 1 is 1.05 bits per heavy atom. The van der Waals surface area contributed by atoms with Crippen LogP contribution in [0.4, 0.5) is 29.6 Å². The highest BCUT2D eigenvalue weighted by Gasteiger charge is 2.46. The zero-order valence-electron chi connectivity index (χ0n) is 36.2. The number of nitrogens with one attached hydrogen (secondary N) is 3. The van der Waals surface area contributed by atoms with Gasteiger partial charge in [0.2, 0.25) is 11.9 Å². The summed E-state index contributed by atoms with van der Waals surface area (Å²) >= 11 is 0. The molecule has 4 bridgehead atoms. The molecule has 64 heavy (non-hydrogen) atoms. The van der Waals surface area contributed by atoms with Crippen molar-refractivity contribution in [2.45, 2.75) is 70.6 Å². The van der Waals surface area contributed by atoms with Crippen LogP contribution in [0.1, 0.15) is 44.7 Å². The lowest BCUT2D eigenvalue weighted by Crippen LogP contribution is -2.50. The van der Waals surface area contributed by atoms with E-state index in [1.165, 1.54) is 29.1 Å². The number of nitrogens with zero attached hydrogens (tertiary/aromatic N) is 9. The Labute approximate surface area is 366 Å². The number of benzene rings is 2. The van der Waals surface area contributed by atoms with E-state index >= 15 is 8.78 Å². The number of fused-ring (bicyclic) bond motifs is 6. The van der Waals surface area contributed by atoms with Gasteiger partial charge in [0.1, 0.15) is 46.5 Å². The molecule has 17 nitrogen and oxygen atoms in total. The highest BCUT2D eigenvalue weighted by atomic mass is 19.1. The van der Waals surface area contributed by atoms with Crippen LogP contribution in [0.3, 0.4) is 0 Å². The lowest BCUT2D eigenvalue weighted by atomic mass is 10.1. The SMILES string of the molecule is COC1CN(C)C(=O)C2CC(CN2C2N=C(N3CCOC/C3=C\NC(=O)OC(C)(C)C)Nc3c2cnn3-c2ccc(F)cc2F)Nc2cccc(n2)-c2cc(F)cc3nc(C)n(c23)C1. The molecule has 2 fully saturated rings. The molecular formula is C44H49F3N12O5. The van der Waals surface area contributed by atoms with Gasteiger partial charge in [-0.05, 0) is 64.4 Å². The second kappa shape index (κ2) is 16.9. The van der Waals surface area contributed by atoms with Gasteiger partial charge in [-0.1, -0.05) is 6.07 Å². The van der Waals surface area contributed by atoms with Gasteiger partial charge in [0.05, 0.1) is 66.1 Å². The number of aromatic nitrogens is 5. The number of likely N-dealkylation sites (N-methyl/N-ethyl adjacent to an activating group) is 1. The van der Waals surface area contributed by atoms with Crippen LogP contribution in [0, 0.1) is 24.4 Å². The number of pyridine rings is 1. The number of hydrogen-bond donors (Lipinski definition) is 3. The van der Waals surface area contributed by atoms with Crippen LogP contribution in [0.25, 0.3) is 28.0 Å². The quantitative estimate of drug-likeness (QED) is 0.207. The number of aryl methyl sites for hydroxylation is 1. The number of guanidine groups is 1. The number of carbonyl (C=O) groups is 2. The van der Waals surface area contributed by atoms with E-state index in [2.05, 4.69) is 26.0 Å². The van der Waals surface area contributed by atoms with Crippen LogP contribution in [0.15, 0.2) is 71.6 Å². The Balaban J connectivity index is 1.13. The number of halogens is 3. The van der Waals surface area contributed by atoms with E-state index in [0.29, 0.717) is 89.6 Å². The fourth-order valence-corrected chi connectivity index (χ4v) is 8.77. The zero-order valence-corrected chi connectivity index (χ0v) is 36.2. The standard InChI is InChI=1S/C44H49F3N12O5/c1-24-50-34-16-26(46)14-30-33-8-7-9-37(52-33)51-27-17-36(41(60)55(5)21-29(62-6)22-57(24)38(30)34)58(20-27)39-31-19-49-59(35-11-10-25(45)15-32(35)47)40(31)54-42(53-39)56-12-13-63-23-28(56)18-48-43(61)64-44(2,3)4/h7-11,14-16,18-19,27,29,36,39H,12-13,17,20-23H2,1-6H3,(H,48,61)(H,51,52)(H,53,54)/b28-18+. The topological polar surface area (TPSA) is 169 Å². The predicted molar refractivity (Wildman–Crippen MR) is 231 cm³/mol. The van der Waals surface area contributed by atoms with Crippen molar-refractivity contribution < 1.29 is 37.0 Å². The van der Waals surface area contributed by atoms with Crippen molar-refractivity contribution in [2.75, 3.05) is 57.6 Å². The van der Waals surface area contributed by atoms with Crippen LogP contribution in [0.5, 0.6) is 0 Å². The number of anilines is 2. The van der Waals surface area contributed by atoms with E-state index in [9.17, 15) is 14.0 Å². The maximum absolute atomic E-state index is 15.5. The number of amides is 2. The minimum atomic E-state index is -0.867. The molecule has 3 aromatic heterocycles. The van der Waals surface area contributed by atoms with E-state index in [-0.39, 0.29) is 30.8 Å². The molecule has 0 radical (unpaired) electrons. The van der Waals surface area contributed by atoms with Crippen molar-refractivity contribution in [3.05, 3.63) is 95.5 Å². The van der Waals surface area contributed by atoms with Crippen LogP contribution in [-0.4, -0.2) is 128 Å². The van der Waals surface area contributed by atoms with Crippen molar-refractivity contribution in [1.82, 2.24) is 44.3 Å². The van der Waals surface area contributed by atoms with Crippen molar-refractivity contribution in [1.29, 1.82) is 0 Å². The molecule has 4 aliphatic heterocycles. The van der Waals surface area contributed by atoms with Crippen molar-refractivity contribution in [3.63, 3.8) is 0 Å². The first-order valence-electron chi connectivity index (χ1n) is 21.0. The van der Waals surface area contributed by atoms with Crippen LogP contribution >= 0.6 is 0 Å². The minimum absolute atomic E-state index is 0.0160. The average Bonchev–Trinajstić information content (AvgIpc) is 3.96. The maximum Gasteiger partial charge on any atom is 0.411 e. The molecule has 2 amide bonds. The van der Waals surface area contributed by atoms with Gasteiger partial charge < -0.3 is 39.2 Å². The van der Waals surface area contributed by atoms with Gasteiger partial charge in [0, 0.05) is 63.7 Å². The third-order valence-corrected chi connectivity index (χ3v) is 11.6. The van der Waals surface area contributed by atoms with Gasteiger partial charge in [-0.25, -0.2) is 37.6 Å². The molecule has 7 heterocycles. The number of morpholine rings is 1. The van der Waals surface area contributed by atoms with Gasteiger partial charge in [-0.15, -0.1) is 0 Å². The van der Waals surface area contributed by atoms with Crippen LogP contribution in [0.2, 0.25) is 0 Å². The smallest absolute Gasteiger partial charge is 0.411 e. The molecule has 0 spiro atoms. The summed E-state index contributed by atoms with van der Waals surface area (Å²) in [5.74, 6) is -0.410. The number of aliphatic imine (C=N–C) groups is 1. The first-order chi connectivity index (χ1) is 30.6. The summed E-state index contributed by atoms with van der Waals surface area (Å²) < 4.78 is 65.5. The summed E-state index contributed by atoms with van der Waals surface area (Å²) in [6, 6.07) is 10.5. The first kappa shape index (κ1) is 42.8. The number of hydrogen-bond acceptors (Lipinski definition) is 13. The predicted octanol–water partition coefficient (Wildman–Crippen LogP) is 5.53. The Kier molecular flexibility index (Phi) is 11.3. The summed E-state index contributed by atoms with van der Waals surface area (Å²) in [7, 11) is 3.32. The van der Waals surface area contributed by atoms with Gasteiger partial charge in [-0.2, -0.15) is 5.10 Å². The molecule has 4 atom stereocenters. The largest absolute Gasteiger partial charge is 0.444 e. The molecule has 2 saturated heterocycles. The minimum Gasteiger partial charge on any atom is -0.444 e. The normalized spacial score (nSPS) is 22.4. The Morgan fingerprint density at radius 2 is 1.88 bits per heavy atom. The monoisotopic (exact) mass is 882 g/mol. The number of imidazole rings is 1. The van der Waals surface area contributed by atoms with E-state index in [0.717, 1.165) is 12.1 Å². The average molecular weight is 883 g/mol. The van der Waals surface area contributed by atoms with Gasteiger partial charge in [-0.3, -0.25) is 15.0 Å². The molecule has 0 saturated carbocycles. The fraction of sp³-hybridized carbons (Fsp3) is 0.409. The van der Waals surface area contributed by atoms with Gasteiger partial charge >= 0.3 is 6.09 Å². The summed E-state index contributed by atoms with van der Waals surface area (Å²) in [5, 5.41) is 14.2. The van der Waals surface area contributed by atoms with Crippen molar-refractivity contribution >= 4 is 40.6 Å². The molecule has 3 N–H and O–H groups in total. The lowest BCUT2D eigenvalue weighted by molar-refractivity contribution is -0.137. The van der Waals surface area contributed by atoms with E-state index < -0.39 is 47.5 Å². The lowest BCUT2D eigenvalue weighted by Gasteiger charge is -2.38. The summed E-state index contributed by atoms with van der Waals surface area (Å²) in [6.07, 6.45) is 1.37. The summed E-state index contributed by atoms with van der Waals surface area (Å²) in [5.41, 5.74) is 2.59. The molecule has 20 heteroatoms. The molecule has 4 unspecified atom stereocenters. The van der Waals surface area contributed by atoms with E-state index in [4.69, 9.17) is 24.2 Å². The first-order valence-corrected chi connectivity index (χ1v) is 21.0. The highest BCUT2D eigenvalue weighted by molar-refractivity contribution is 5.97.